The minimum atomic E-state index is -0.173. The van der Waals surface area contributed by atoms with Crippen molar-refractivity contribution in [3.05, 3.63) is 12.1 Å². The average molecular weight is 325 g/mol. The summed E-state index contributed by atoms with van der Waals surface area (Å²) in [5.41, 5.74) is 15.7. The maximum Gasteiger partial charge on any atom is 0.211 e. The van der Waals surface area contributed by atoms with E-state index in [4.69, 9.17) is 11.5 Å². The van der Waals surface area contributed by atoms with Gasteiger partial charge in [0.05, 0.1) is 10.8 Å². The third-order valence-electron chi connectivity index (χ3n) is 2.45. The van der Waals surface area contributed by atoms with Crippen LogP contribution in [0.25, 0.3) is 10.8 Å². The Kier molecular flexibility index (Phi) is 4.05. The van der Waals surface area contributed by atoms with Crippen LogP contribution in [0.3, 0.4) is 0 Å². The maximum absolute atomic E-state index is 9.95. The second-order valence-corrected chi connectivity index (χ2v) is 4.71. The number of aromatic nitrogens is 1. The fourth-order valence-corrected chi connectivity index (χ4v) is 1.80. The van der Waals surface area contributed by atoms with Crippen molar-refractivity contribution in [2.75, 3.05) is 5.43 Å². The largest absolute Gasteiger partial charge is 0.507 e. The highest BCUT2D eigenvalue weighted by Crippen LogP contribution is 2.42. The SMILES string of the molecule is NC(=S)N=Nc1[nH]c(NNC(N)=S)c2c(O)ccc(O)c12. The molecular formula is C10H11N7O2S2. The molecule has 1 heterocycles. The number of hydrazine groups is 1. The fourth-order valence-electron chi connectivity index (χ4n) is 1.71. The van der Waals surface area contributed by atoms with Gasteiger partial charge in [-0.05, 0) is 36.6 Å². The molecule has 0 radical (unpaired) electrons. The second kappa shape index (κ2) is 5.76. The van der Waals surface area contributed by atoms with Crippen molar-refractivity contribution in [3.63, 3.8) is 0 Å². The Bertz CT molecular complexity index is 755. The third-order valence-corrected chi connectivity index (χ3v) is 2.63. The molecule has 0 fully saturated rings. The normalized spacial score (nSPS) is 10.9. The molecule has 110 valence electrons. The van der Waals surface area contributed by atoms with E-state index in [9.17, 15) is 10.2 Å². The Morgan fingerprint density at radius 1 is 1.14 bits per heavy atom. The quantitative estimate of drug-likeness (QED) is 0.191. The van der Waals surface area contributed by atoms with Crippen LogP contribution >= 0.6 is 24.4 Å². The number of hydrogen-bond donors (Lipinski definition) is 7. The molecule has 0 saturated heterocycles. The first-order valence-electron chi connectivity index (χ1n) is 5.49. The minimum absolute atomic E-state index is 0.0105. The summed E-state index contributed by atoms with van der Waals surface area (Å²) in [5, 5.41) is 27.5. The molecule has 9 N–H and O–H groups in total. The molecule has 0 bridgehead atoms. The number of aromatic hydroxyl groups is 2. The van der Waals surface area contributed by atoms with Gasteiger partial charge in [0.15, 0.2) is 10.9 Å². The molecule has 0 amide bonds. The summed E-state index contributed by atoms with van der Waals surface area (Å²) in [6.07, 6.45) is 0. The monoisotopic (exact) mass is 325 g/mol. The van der Waals surface area contributed by atoms with Gasteiger partial charge in [0, 0.05) is 0 Å². The Morgan fingerprint density at radius 2 is 1.76 bits per heavy atom. The van der Waals surface area contributed by atoms with E-state index in [0.29, 0.717) is 0 Å². The highest BCUT2D eigenvalue weighted by atomic mass is 32.1. The van der Waals surface area contributed by atoms with Gasteiger partial charge < -0.3 is 26.7 Å². The lowest BCUT2D eigenvalue weighted by Crippen LogP contribution is -2.34. The van der Waals surface area contributed by atoms with E-state index in [1.165, 1.54) is 12.1 Å². The highest BCUT2D eigenvalue weighted by Gasteiger charge is 2.17. The highest BCUT2D eigenvalue weighted by molar-refractivity contribution is 7.80. The number of nitrogens with zero attached hydrogens (tertiary/aromatic N) is 2. The van der Waals surface area contributed by atoms with E-state index in [2.05, 4.69) is 50.5 Å². The molecule has 1 aromatic carbocycles. The molecule has 11 heteroatoms. The summed E-state index contributed by atoms with van der Waals surface area (Å²) < 4.78 is 0. The zero-order valence-corrected chi connectivity index (χ0v) is 12.0. The first kappa shape index (κ1) is 14.7. The molecule has 0 saturated carbocycles. The molecule has 2 aromatic rings. The smallest absolute Gasteiger partial charge is 0.211 e. The van der Waals surface area contributed by atoms with E-state index >= 15 is 0 Å². The molecule has 0 aliphatic rings. The van der Waals surface area contributed by atoms with Gasteiger partial charge in [0.25, 0.3) is 0 Å². The Labute approximate surface area is 129 Å². The summed E-state index contributed by atoms with van der Waals surface area (Å²) in [5.74, 6) is 0.226. The number of fused-ring (bicyclic) bond motifs is 1. The first-order chi connectivity index (χ1) is 9.90. The van der Waals surface area contributed by atoms with Crippen LogP contribution in [-0.2, 0) is 0 Å². The number of rotatable bonds is 3. The fraction of sp³-hybridized carbons (Fsp3) is 0. The van der Waals surface area contributed by atoms with Gasteiger partial charge >= 0.3 is 0 Å². The van der Waals surface area contributed by atoms with Gasteiger partial charge in [0.1, 0.15) is 17.3 Å². The number of hydrogen-bond acceptors (Lipinski definition) is 6. The Morgan fingerprint density at radius 3 is 2.33 bits per heavy atom. The van der Waals surface area contributed by atoms with Crippen molar-refractivity contribution >= 4 is 57.1 Å². The van der Waals surface area contributed by atoms with Gasteiger partial charge in [-0.3, -0.25) is 10.9 Å². The zero-order valence-electron chi connectivity index (χ0n) is 10.4. The first-order valence-corrected chi connectivity index (χ1v) is 6.31. The van der Waals surface area contributed by atoms with Crippen LogP contribution < -0.4 is 22.3 Å². The lowest BCUT2D eigenvalue weighted by Gasteiger charge is -2.06. The molecule has 0 aliphatic carbocycles. The molecule has 21 heavy (non-hydrogen) atoms. The number of aromatic amines is 1. The Balaban J connectivity index is 2.61. The number of phenols is 2. The number of nitrogens with one attached hydrogen (secondary N) is 3. The van der Waals surface area contributed by atoms with Crippen molar-refractivity contribution in [1.29, 1.82) is 0 Å². The average Bonchev–Trinajstić information content (AvgIpc) is 2.78. The molecule has 9 nitrogen and oxygen atoms in total. The zero-order chi connectivity index (χ0) is 15.6. The topological polar surface area (TPSA) is 157 Å². The summed E-state index contributed by atoms with van der Waals surface area (Å²) in [6.45, 7) is 0. The van der Waals surface area contributed by atoms with Crippen molar-refractivity contribution in [2.24, 2.45) is 21.7 Å². The van der Waals surface area contributed by atoms with Crippen molar-refractivity contribution in [1.82, 2.24) is 10.4 Å². The molecule has 0 spiro atoms. The van der Waals surface area contributed by atoms with Gasteiger partial charge in [-0.25, -0.2) is 0 Å². The van der Waals surface area contributed by atoms with E-state index in [1.807, 2.05) is 0 Å². The lowest BCUT2D eigenvalue weighted by atomic mass is 10.1. The number of thiocarbonyl (C=S) groups is 2. The summed E-state index contributed by atoms with van der Waals surface area (Å²) in [4.78, 5) is 2.80. The Hall–Kier alpha value is -2.66. The molecular weight excluding hydrogens is 314 g/mol. The third kappa shape index (κ3) is 3.09. The van der Waals surface area contributed by atoms with E-state index < -0.39 is 0 Å². The predicted molar refractivity (Wildman–Crippen MR) is 86.5 cm³/mol. The summed E-state index contributed by atoms with van der Waals surface area (Å²) >= 11 is 9.27. The molecule has 1 aromatic heterocycles. The van der Waals surface area contributed by atoms with E-state index in [-0.39, 0.29) is 44.1 Å². The van der Waals surface area contributed by atoms with Gasteiger partial charge in [-0.1, -0.05) is 0 Å². The van der Waals surface area contributed by atoms with Crippen LogP contribution in [0, 0.1) is 0 Å². The van der Waals surface area contributed by atoms with Crippen LogP contribution in [0.5, 0.6) is 11.5 Å². The van der Waals surface area contributed by atoms with E-state index in [1.54, 1.807) is 0 Å². The molecule has 0 aliphatic heterocycles. The lowest BCUT2D eigenvalue weighted by molar-refractivity contribution is 0.470. The van der Waals surface area contributed by atoms with Gasteiger partial charge in [-0.15, -0.1) is 10.2 Å². The molecule has 2 rings (SSSR count). The van der Waals surface area contributed by atoms with Crippen LogP contribution in [0.2, 0.25) is 0 Å². The predicted octanol–water partition coefficient (Wildman–Crippen LogP) is 1.07. The van der Waals surface area contributed by atoms with Gasteiger partial charge in [0.2, 0.25) is 5.11 Å². The number of nitrogens with two attached hydrogens (primary N) is 2. The summed E-state index contributed by atoms with van der Waals surface area (Å²) in [7, 11) is 0. The van der Waals surface area contributed by atoms with Crippen LogP contribution in [-0.4, -0.2) is 25.4 Å². The molecule has 0 atom stereocenters. The van der Waals surface area contributed by atoms with Crippen LogP contribution in [0.4, 0.5) is 11.6 Å². The van der Waals surface area contributed by atoms with Gasteiger partial charge in [-0.2, -0.15) is 0 Å². The summed E-state index contributed by atoms with van der Waals surface area (Å²) in [6, 6.07) is 2.64. The number of anilines is 1. The maximum atomic E-state index is 9.95. The number of H-pyrrole nitrogens is 1. The van der Waals surface area contributed by atoms with Crippen LogP contribution in [0.15, 0.2) is 22.4 Å². The van der Waals surface area contributed by atoms with Crippen LogP contribution in [0.1, 0.15) is 0 Å². The second-order valence-electron chi connectivity index (χ2n) is 3.85. The van der Waals surface area contributed by atoms with Crippen molar-refractivity contribution in [3.8, 4) is 11.5 Å². The molecule has 0 unspecified atom stereocenters. The minimum Gasteiger partial charge on any atom is -0.507 e. The number of phenolic OH excluding ortho intramolecular Hbond substituents is 2. The number of azo groups is 1. The van der Waals surface area contributed by atoms with Crippen molar-refractivity contribution in [2.45, 2.75) is 0 Å². The standard InChI is InChI=1S/C10H11N7O2S2/c11-9(20)16-14-7-5-3(18)1-2-4(19)6(5)8(13-7)15-17-10(12)21/h1-2,13-14,18-19H,(H2,12,21)(H3,11,16,20). The number of benzene rings is 1. The van der Waals surface area contributed by atoms with Crippen molar-refractivity contribution < 1.29 is 10.2 Å². The van der Waals surface area contributed by atoms with E-state index in [0.717, 1.165) is 0 Å².